The molecule has 0 atom stereocenters. The molecule has 0 spiro atoms. The van der Waals surface area contributed by atoms with Crippen molar-refractivity contribution in [2.45, 2.75) is 45.3 Å². The van der Waals surface area contributed by atoms with Crippen LogP contribution < -0.4 is 4.90 Å². The van der Waals surface area contributed by atoms with Crippen molar-refractivity contribution in [2.24, 2.45) is 5.92 Å². The zero-order chi connectivity index (χ0) is 22.9. The summed E-state index contributed by atoms with van der Waals surface area (Å²) in [5.41, 5.74) is 0.334. The van der Waals surface area contributed by atoms with E-state index in [2.05, 4.69) is 15.0 Å². The number of hydrogen-bond acceptors (Lipinski definition) is 8. The third kappa shape index (κ3) is 4.84. The highest BCUT2D eigenvalue weighted by atomic mass is 16.6. The van der Waals surface area contributed by atoms with Gasteiger partial charge in [-0.05, 0) is 39.7 Å². The Balaban J connectivity index is 1.36. The lowest BCUT2D eigenvalue weighted by Crippen LogP contribution is -2.50. The first-order chi connectivity index (χ1) is 15.2. The molecule has 172 valence electrons. The van der Waals surface area contributed by atoms with Crippen LogP contribution in [0, 0.1) is 5.92 Å². The van der Waals surface area contributed by atoms with Crippen LogP contribution in [0.5, 0.6) is 0 Å². The molecular formula is C22H30N6O4. The zero-order valence-electron chi connectivity index (χ0n) is 19.0. The second kappa shape index (κ2) is 8.76. The number of anilines is 1. The Morgan fingerprint density at radius 1 is 1.12 bits per heavy atom. The molecule has 1 aliphatic heterocycles. The fourth-order valence-corrected chi connectivity index (χ4v) is 3.93. The van der Waals surface area contributed by atoms with Gasteiger partial charge < -0.3 is 19.3 Å². The maximum Gasteiger partial charge on any atom is 0.410 e. The van der Waals surface area contributed by atoms with Crippen molar-refractivity contribution >= 4 is 17.9 Å². The Kier molecular flexibility index (Phi) is 6.03. The molecule has 0 unspecified atom stereocenters. The number of carbonyl (C=O) groups is 2. The van der Waals surface area contributed by atoms with Gasteiger partial charge in [0.05, 0.1) is 30.8 Å². The van der Waals surface area contributed by atoms with E-state index in [-0.39, 0.29) is 24.0 Å². The van der Waals surface area contributed by atoms with Gasteiger partial charge in [-0.2, -0.15) is 5.10 Å². The van der Waals surface area contributed by atoms with Crippen molar-refractivity contribution in [3.63, 3.8) is 0 Å². The highest BCUT2D eigenvalue weighted by Crippen LogP contribution is 2.38. The van der Waals surface area contributed by atoms with E-state index in [1.807, 2.05) is 37.7 Å². The molecule has 0 radical (unpaired) electrons. The summed E-state index contributed by atoms with van der Waals surface area (Å²) in [4.78, 5) is 36.9. The van der Waals surface area contributed by atoms with Crippen molar-refractivity contribution in [3.8, 4) is 11.4 Å². The fraction of sp³-hybridized carbons (Fsp3) is 0.591. The molecule has 1 amide bonds. The lowest BCUT2D eigenvalue weighted by Gasteiger charge is -2.36. The summed E-state index contributed by atoms with van der Waals surface area (Å²) in [7, 11) is 1.42. The predicted molar refractivity (Wildman–Crippen MR) is 117 cm³/mol. The fourth-order valence-electron chi connectivity index (χ4n) is 3.93. The summed E-state index contributed by atoms with van der Waals surface area (Å²) in [6, 6.07) is 2.07. The molecule has 2 aromatic rings. The highest BCUT2D eigenvalue weighted by Gasteiger charge is 2.37. The Hall–Kier alpha value is -3.17. The van der Waals surface area contributed by atoms with Gasteiger partial charge in [0.1, 0.15) is 11.4 Å². The third-order valence-corrected chi connectivity index (χ3v) is 5.78. The number of amides is 1. The minimum Gasteiger partial charge on any atom is -0.469 e. The van der Waals surface area contributed by atoms with Crippen LogP contribution in [0.2, 0.25) is 0 Å². The monoisotopic (exact) mass is 442 g/mol. The zero-order valence-corrected chi connectivity index (χ0v) is 19.0. The smallest absolute Gasteiger partial charge is 0.410 e. The van der Waals surface area contributed by atoms with Crippen molar-refractivity contribution in [2.75, 3.05) is 38.2 Å². The number of aromatic nitrogens is 4. The standard InChI is InChI=1S/C22H30N6O4/c1-22(2,3)32-21(30)27-9-7-26(8-10-27)18-5-6-23-19(25-18)16-13-24-28(14-16)17-11-15(12-17)20(29)31-4/h5-6,13-15,17H,7-12H2,1-4H3. The maximum absolute atomic E-state index is 12.3. The number of carbonyl (C=O) groups excluding carboxylic acids is 2. The largest absolute Gasteiger partial charge is 0.469 e. The van der Waals surface area contributed by atoms with Crippen molar-refractivity contribution in [1.29, 1.82) is 0 Å². The van der Waals surface area contributed by atoms with Gasteiger partial charge in [-0.1, -0.05) is 0 Å². The number of piperazine rings is 1. The molecule has 0 aromatic carbocycles. The third-order valence-electron chi connectivity index (χ3n) is 5.78. The van der Waals surface area contributed by atoms with Gasteiger partial charge in [0.2, 0.25) is 0 Å². The number of hydrogen-bond donors (Lipinski definition) is 0. The van der Waals surface area contributed by atoms with Crippen LogP contribution >= 0.6 is 0 Å². The van der Waals surface area contributed by atoms with Crippen LogP contribution in [0.4, 0.5) is 10.6 Å². The first-order valence-corrected chi connectivity index (χ1v) is 10.9. The number of methoxy groups -OCH3 is 1. The van der Waals surface area contributed by atoms with E-state index < -0.39 is 5.60 Å². The number of rotatable bonds is 4. The predicted octanol–water partition coefficient (Wildman–Crippen LogP) is 2.52. The average Bonchev–Trinajstić information content (AvgIpc) is 3.21. The van der Waals surface area contributed by atoms with Crippen LogP contribution in [0.15, 0.2) is 24.7 Å². The summed E-state index contributed by atoms with van der Waals surface area (Å²) >= 11 is 0. The first kappa shape index (κ1) is 22.0. The quantitative estimate of drug-likeness (QED) is 0.666. The minimum atomic E-state index is -0.500. The molecule has 10 nitrogen and oxygen atoms in total. The van der Waals surface area contributed by atoms with E-state index in [0.717, 1.165) is 24.2 Å². The second-order valence-electron chi connectivity index (χ2n) is 9.25. The maximum atomic E-state index is 12.3. The normalized spacial score (nSPS) is 21.1. The molecule has 2 aliphatic rings. The molecule has 32 heavy (non-hydrogen) atoms. The van der Waals surface area contributed by atoms with E-state index in [1.165, 1.54) is 7.11 Å². The Morgan fingerprint density at radius 2 is 1.84 bits per heavy atom. The molecule has 1 saturated carbocycles. The van der Waals surface area contributed by atoms with Crippen LogP contribution in [0.25, 0.3) is 11.4 Å². The molecule has 3 heterocycles. The number of ether oxygens (including phenoxy) is 2. The van der Waals surface area contributed by atoms with Gasteiger partial charge in [0.25, 0.3) is 0 Å². The van der Waals surface area contributed by atoms with Gasteiger partial charge in [-0.15, -0.1) is 0 Å². The highest BCUT2D eigenvalue weighted by molar-refractivity contribution is 5.73. The van der Waals surface area contributed by atoms with E-state index >= 15 is 0 Å². The van der Waals surface area contributed by atoms with Crippen molar-refractivity contribution < 1.29 is 19.1 Å². The summed E-state index contributed by atoms with van der Waals surface area (Å²) in [5.74, 6) is 1.22. The van der Waals surface area contributed by atoms with Crippen LogP contribution in [0.1, 0.15) is 39.7 Å². The van der Waals surface area contributed by atoms with Gasteiger partial charge in [0.15, 0.2) is 5.82 Å². The molecule has 0 N–H and O–H groups in total. The summed E-state index contributed by atoms with van der Waals surface area (Å²) in [5, 5.41) is 4.45. The molecular weight excluding hydrogens is 412 g/mol. The molecule has 2 aromatic heterocycles. The molecule has 4 rings (SSSR count). The van der Waals surface area contributed by atoms with Crippen LogP contribution in [-0.2, 0) is 14.3 Å². The van der Waals surface area contributed by atoms with Crippen molar-refractivity contribution in [3.05, 3.63) is 24.7 Å². The average molecular weight is 443 g/mol. The lowest BCUT2D eigenvalue weighted by atomic mass is 9.80. The number of esters is 1. The summed E-state index contributed by atoms with van der Waals surface area (Å²) in [6.45, 7) is 8.11. The second-order valence-corrected chi connectivity index (χ2v) is 9.25. The lowest BCUT2D eigenvalue weighted by molar-refractivity contribution is -0.149. The Bertz CT molecular complexity index is 971. The van der Waals surface area contributed by atoms with Crippen LogP contribution in [-0.4, -0.2) is 75.6 Å². The molecule has 1 saturated heterocycles. The topological polar surface area (TPSA) is 103 Å². The molecule has 1 aliphatic carbocycles. The molecule has 10 heteroatoms. The summed E-state index contributed by atoms with van der Waals surface area (Å²) < 4.78 is 12.1. The van der Waals surface area contributed by atoms with Crippen molar-refractivity contribution in [1.82, 2.24) is 24.6 Å². The van der Waals surface area contributed by atoms with Gasteiger partial charge in [-0.25, -0.2) is 14.8 Å². The SMILES string of the molecule is COC(=O)C1CC(n2cc(-c3nccc(N4CCN(C(=O)OC(C)(C)C)CC4)n3)cn2)C1. The van der Waals surface area contributed by atoms with E-state index in [4.69, 9.17) is 14.5 Å². The van der Waals surface area contributed by atoms with Crippen LogP contribution in [0.3, 0.4) is 0 Å². The van der Waals surface area contributed by atoms with Gasteiger partial charge >= 0.3 is 12.1 Å². The Morgan fingerprint density at radius 3 is 2.50 bits per heavy atom. The molecule has 0 bridgehead atoms. The molecule has 2 fully saturated rings. The minimum absolute atomic E-state index is 0.0448. The van der Waals surface area contributed by atoms with E-state index in [9.17, 15) is 9.59 Å². The van der Waals surface area contributed by atoms with Gasteiger partial charge in [0, 0.05) is 38.6 Å². The first-order valence-electron chi connectivity index (χ1n) is 10.9. The van der Waals surface area contributed by atoms with E-state index in [1.54, 1.807) is 17.3 Å². The van der Waals surface area contributed by atoms with Gasteiger partial charge in [-0.3, -0.25) is 9.48 Å². The number of nitrogens with zero attached hydrogens (tertiary/aromatic N) is 6. The Labute approximate surface area is 187 Å². The summed E-state index contributed by atoms with van der Waals surface area (Å²) in [6.07, 6.45) is 6.61. The van der Waals surface area contributed by atoms with E-state index in [0.29, 0.717) is 32.0 Å².